The van der Waals surface area contributed by atoms with Crippen LogP contribution in [0.15, 0.2) is 24.3 Å². The van der Waals surface area contributed by atoms with Gasteiger partial charge in [0.25, 0.3) is 0 Å². The third-order valence-electron chi connectivity index (χ3n) is 3.05. The molecule has 1 aromatic rings. The molecule has 0 aliphatic carbocycles. The minimum absolute atomic E-state index is 0.0402. The summed E-state index contributed by atoms with van der Waals surface area (Å²) in [6, 6.07) is 7.92. The third kappa shape index (κ3) is 3.01. The average molecular weight is 248 g/mol. The van der Waals surface area contributed by atoms with Crippen molar-refractivity contribution in [2.24, 2.45) is 0 Å². The Morgan fingerprint density at radius 3 is 3.06 bits per heavy atom. The van der Waals surface area contributed by atoms with Crippen LogP contribution in [-0.4, -0.2) is 31.2 Å². The Balaban J connectivity index is 1.85. The van der Waals surface area contributed by atoms with E-state index in [4.69, 9.17) is 4.74 Å². The smallest absolute Gasteiger partial charge is 0.243 e. The lowest BCUT2D eigenvalue weighted by molar-refractivity contribution is -0.122. The van der Waals surface area contributed by atoms with Gasteiger partial charge in [-0.25, -0.2) is 0 Å². The first kappa shape index (κ1) is 12.9. The Morgan fingerprint density at radius 1 is 1.56 bits per heavy atom. The van der Waals surface area contributed by atoms with E-state index < -0.39 is 0 Å². The van der Waals surface area contributed by atoms with Crippen molar-refractivity contribution in [1.29, 1.82) is 0 Å². The number of amides is 1. The van der Waals surface area contributed by atoms with Gasteiger partial charge < -0.3 is 15.4 Å². The van der Waals surface area contributed by atoms with Gasteiger partial charge in [0.2, 0.25) is 5.91 Å². The number of nitrogens with one attached hydrogen (secondary N) is 2. The first-order chi connectivity index (χ1) is 8.70. The highest BCUT2D eigenvalue weighted by Crippen LogP contribution is 2.25. The topological polar surface area (TPSA) is 50.4 Å². The first-order valence-corrected chi connectivity index (χ1v) is 6.43. The van der Waals surface area contributed by atoms with Gasteiger partial charge in [0, 0.05) is 24.8 Å². The maximum Gasteiger partial charge on any atom is 0.243 e. The molecule has 0 radical (unpaired) electrons. The minimum Gasteiger partial charge on any atom is -0.380 e. The molecule has 2 atom stereocenters. The predicted octanol–water partition coefficient (Wildman–Crippen LogP) is 1.56. The summed E-state index contributed by atoms with van der Waals surface area (Å²) in [6.45, 7) is 5.13. The van der Waals surface area contributed by atoms with Gasteiger partial charge in [-0.05, 0) is 25.5 Å². The SMILES string of the molecule is CCOCC(C)NC(=O)[C@@H]1Cc2ccccc2N1. The van der Waals surface area contributed by atoms with Crippen LogP contribution in [0.4, 0.5) is 5.69 Å². The summed E-state index contributed by atoms with van der Waals surface area (Å²) in [7, 11) is 0. The van der Waals surface area contributed by atoms with Gasteiger partial charge in [-0.2, -0.15) is 0 Å². The number of benzene rings is 1. The molecule has 2 N–H and O–H groups in total. The highest BCUT2D eigenvalue weighted by atomic mass is 16.5. The maximum atomic E-state index is 12.1. The second-order valence-electron chi connectivity index (χ2n) is 4.63. The van der Waals surface area contributed by atoms with Crippen molar-refractivity contribution < 1.29 is 9.53 Å². The monoisotopic (exact) mass is 248 g/mol. The average Bonchev–Trinajstić information content (AvgIpc) is 2.80. The van der Waals surface area contributed by atoms with Gasteiger partial charge in [0.1, 0.15) is 6.04 Å². The number of hydrogen-bond donors (Lipinski definition) is 2. The molecule has 98 valence electrons. The van der Waals surface area contributed by atoms with Crippen molar-refractivity contribution in [3.05, 3.63) is 29.8 Å². The lowest BCUT2D eigenvalue weighted by Gasteiger charge is -2.17. The standard InChI is InChI=1S/C14H20N2O2/c1-3-18-9-10(2)15-14(17)13-8-11-6-4-5-7-12(11)16-13/h4-7,10,13,16H,3,8-9H2,1-2H3,(H,15,17)/t10?,13-/m0/s1. The Hall–Kier alpha value is -1.55. The summed E-state index contributed by atoms with van der Waals surface area (Å²) in [5, 5.41) is 6.21. The number of fused-ring (bicyclic) bond motifs is 1. The molecule has 2 rings (SSSR count). The summed E-state index contributed by atoms with van der Waals surface area (Å²) >= 11 is 0. The van der Waals surface area contributed by atoms with Gasteiger partial charge in [0.05, 0.1) is 6.61 Å². The molecule has 4 nitrogen and oxygen atoms in total. The molecule has 0 saturated carbocycles. The summed E-state index contributed by atoms with van der Waals surface area (Å²) in [5.74, 6) is 0.0402. The zero-order valence-corrected chi connectivity index (χ0v) is 10.9. The summed E-state index contributed by atoms with van der Waals surface area (Å²) in [5.41, 5.74) is 2.27. The molecule has 0 spiro atoms. The van der Waals surface area contributed by atoms with Crippen molar-refractivity contribution in [2.45, 2.75) is 32.4 Å². The molecule has 1 heterocycles. The lowest BCUT2D eigenvalue weighted by atomic mass is 10.1. The van der Waals surface area contributed by atoms with Gasteiger partial charge in [-0.3, -0.25) is 4.79 Å². The minimum atomic E-state index is -0.161. The van der Waals surface area contributed by atoms with Crippen molar-refractivity contribution in [3.63, 3.8) is 0 Å². The van der Waals surface area contributed by atoms with Crippen molar-refractivity contribution in [2.75, 3.05) is 18.5 Å². The van der Waals surface area contributed by atoms with Crippen LogP contribution < -0.4 is 10.6 Å². The quantitative estimate of drug-likeness (QED) is 0.831. The zero-order valence-electron chi connectivity index (χ0n) is 10.9. The van der Waals surface area contributed by atoms with E-state index in [-0.39, 0.29) is 18.0 Å². The van der Waals surface area contributed by atoms with Gasteiger partial charge in [0.15, 0.2) is 0 Å². The van der Waals surface area contributed by atoms with Crippen LogP contribution in [-0.2, 0) is 16.0 Å². The fourth-order valence-corrected chi connectivity index (χ4v) is 2.14. The highest BCUT2D eigenvalue weighted by Gasteiger charge is 2.26. The van der Waals surface area contributed by atoms with Crippen LogP contribution in [0.2, 0.25) is 0 Å². The molecule has 1 aliphatic heterocycles. The number of carbonyl (C=O) groups excluding carboxylic acids is 1. The van der Waals surface area contributed by atoms with Crippen LogP contribution >= 0.6 is 0 Å². The van der Waals surface area contributed by atoms with E-state index in [1.54, 1.807) is 0 Å². The molecule has 1 amide bonds. The van der Waals surface area contributed by atoms with Crippen LogP contribution in [0.25, 0.3) is 0 Å². The van der Waals surface area contributed by atoms with E-state index >= 15 is 0 Å². The van der Waals surface area contributed by atoms with Crippen molar-refractivity contribution in [3.8, 4) is 0 Å². The van der Waals surface area contributed by atoms with E-state index in [0.717, 1.165) is 12.1 Å². The van der Waals surface area contributed by atoms with Crippen LogP contribution in [0.5, 0.6) is 0 Å². The van der Waals surface area contributed by atoms with E-state index in [0.29, 0.717) is 13.2 Å². The lowest BCUT2D eigenvalue weighted by Crippen LogP contribution is -2.44. The maximum absolute atomic E-state index is 12.1. The number of ether oxygens (including phenoxy) is 1. The van der Waals surface area contributed by atoms with Crippen LogP contribution in [0.1, 0.15) is 19.4 Å². The van der Waals surface area contributed by atoms with Crippen LogP contribution in [0.3, 0.4) is 0 Å². The second kappa shape index (κ2) is 5.87. The van der Waals surface area contributed by atoms with Crippen molar-refractivity contribution in [1.82, 2.24) is 5.32 Å². The van der Waals surface area contributed by atoms with Crippen LogP contribution in [0, 0.1) is 0 Å². The van der Waals surface area contributed by atoms with Gasteiger partial charge in [-0.1, -0.05) is 18.2 Å². The second-order valence-corrected chi connectivity index (χ2v) is 4.63. The molecule has 0 bridgehead atoms. The van der Waals surface area contributed by atoms with Crippen molar-refractivity contribution >= 4 is 11.6 Å². The van der Waals surface area contributed by atoms with E-state index in [1.165, 1.54) is 5.56 Å². The molecule has 4 heteroatoms. The molecular formula is C14H20N2O2. The summed E-state index contributed by atoms with van der Waals surface area (Å²) < 4.78 is 5.29. The normalized spacial score (nSPS) is 18.9. The summed E-state index contributed by atoms with van der Waals surface area (Å²) in [6.07, 6.45) is 0.753. The number of hydrogen-bond acceptors (Lipinski definition) is 3. The number of carbonyl (C=O) groups is 1. The van der Waals surface area contributed by atoms with Gasteiger partial charge in [-0.15, -0.1) is 0 Å². The predicted molar refractivity (Wildman–Crippen MR) is 71.7 cm³/mol. The molecular weight excluding hydrogens is 228 g/mol. The largest absolute Gasteiger partial charge is 0.380 e. The first-order valence-electron chi connectivity index (χ1n) is 6.43. The van der Waals surface area contributed by atoms with E-state index in [9.17, 15) is 4.79 Å². The number of anilines is 1. The molecule has 1 unspecified atom stereocenters. The molecule has 0 saturated heterocycles. The molecule has 0 aromatic heterocycles. The molecule has 18 heavy (non-hydrogen) atoms. The Bertz CT molecular complexity index is 395. The summed E-state index contributed by atoms with van der Waals surface area (Å²) in [4.78, 5) is 12.1. The Morgan fingerprint density at radius 2 is 2.33 bits per heavy atom. The van der Waals surface area contributed by atoms with E-state index in [2.05, 4.69) is 16.7 Å². The highest BCUT2D eigenvalue weighted by molar-refractivity contribution is 5.87. The fraction of sp³-hybridized carbons (Fsp3) is 0.500. The molecule has 0 fully saturated rings. The fourth-order valence-electron chi connectivity index (χ4n) is 2.14. The Labute approximate surface area is 108 Å². The third-order valence-corrected chi connectivity index (χ3v) is 3.05. The molecule has 1 aliphatic rings. The molecule has 1 aromatic carbocycles. The van der Waals surface area contributed by atoms with Gasteiger partial charge >= 0.3 is 0 Å². The number of rotatable bonds is 5. The Kier molecular flexibility index (Phi) is 4.20. The van der Waals surface area contributed by atoms with E-state index in [1.807, 2.05) is 32.0 Å². The number of para-hydroxylation sites is 1. The zero-order chi connectivity index (χ0) is 13.0.